The molecule has 0 spiro atoms. The molecule has 0 atom stereocenters. The molecule has 23 heavy (non-hydrogen) atoms. The van der Waals surface area contributed by atoms with Gasteiger partial charge in [0, 0.05) is 18.4 Å². The lowest BCUT2D eigenvalue weighted by atomic mass is 10.2. The number of hydrogen-bond donors (Lipinski definition) is 2. The summed E-state index contributed by atoms with van der Waals surface area (Å²) in [7, 11) is 0. The first-order valence-corrected chi connectivity index (χ1v) is 7.05. The molecule has 0 aliphatic heterocycles. The van der Waals surface area contributed by atoms with Gasteiger partial charge in [0.1, 0.15) is 17.5 Å². The summed E-state index contributed by atoms with van der Waals surface area (Å²) < 4.78 is 12.8. The number of hydrogen-bond acceptors (Lipinski definition) is 3. The number of amides is 1. The second kappa shape index (κ2) is 7.76. The summed E-state index contributed by atoms with van der Waals surface area (Å²) in [6.45, 7) is 2.27. The van der Waals surface area contributed by atoms with E-state index >= 15 is 0 Å². The summed E-state index contributed by atoms with van der Waals surface area (Å²) in [4.78, 5) is 12.1. The third kappa shape index (κ3) is 4.68. The molecule has 0 bridgehead atoms. The van der Waals surface area contributed by atoms with Crippen LogP contribution in [0.3, 0.4) is 0 Å². The van der Waals surface area contributed by atoms with E-state index in [4.69, 9.17) is 5.26 Å². The molecular formula is C18H16FN3O. The van der Waals surface area contributed by atoms with Crippen molar-refractivity contribution < 1.29 is 9.18 Å². The van der Waals surface area contributed by atoms with Crippen LogP contribution in [-0.4, -0.2) is 5.91 Å². The van der Waals surface area contributed by atoms with Crippen molar-refractivity contribution >= 4 is 11.6 Å². The number of nitrogens with zero attached hydrogens (tertiary/aromatic N) is 1. The summed E-state index contributed by atoms with van der Waals surface area (Å²) in [5, 5.41) is 14.7. The fraction of sp³-hybridized carbons (Fsp3) is 0.111. The summed E-state index contributed by atoms with van der Waals surface area (Å²) >= 11 is 0. The van der Waals surface area contributed by atoms with Gasteiger partial charge in [-0.15, -0.1) is 0 Å². The highest BCUT2D eigenvalue weighted by Crippen LogP contribution is 2.14. The normalized spacial score (nSPS) is 10.7. The van der Waals surface area contributed by atoms with E-state index in [2.05, 4.69) is 10.6 Å². The second-order valence-electron chi connectivity index (χ2n) is 4.95. The molecule has 2 aromatic carbocycles. The molecule has 2 N–H and O–H groups in total. The van der Waals surface area contributed by atoms with Gasteiger partial charge in [-0.05, 0) is 36.2 Å². The van der Waals surface area contributed by atoms with Gasteiger partial charge in [-0.25, -0.2) is 4.39 Å². The number of anilines is 1. The molecule has 0 heterocycles. The molecule has 0 aliphatic rings. The van der Waals surface area contributed by atoms with E-state index in [1.54, 1.807) is 18.2 Å². The minimum atomic E-state index is -0.478. The molecule has 0 radical (unpaired) electrons. The van der Waals surface area contributed by atoms with Crippen LogP contribution in [0.4, 0.5) is 10.1 Å². The van der Waals surface area contributed by atoms with Crippen molar-refractivity contribution in [2.75, 3.05) is 5.32 Å². The maximum absolute atomic E-state index is 12.8. The average molecular weight is 309 g/mol. The van der Waals surface area contributed by atoms with Gasteiger partial charge < -0.3 is 10.6 Å². The maximum Gasteiger partial charge on any atom is 0.267 e. The maximum atomic E-state index is 12.8. The Bertz CT molecular complexity index is 761. The summed E-state index contributed by atoms with van der Waals surface area (Å²) in [5.41, 5.74) is 2.39. The Morgan fingerprint density at radius 2 is 1.91 bits per heavy atom. The lowest BCUT2D eigenvalue weighted by molar-refractivity contribution is -0.112. The molecule has 0 saturated carbocycles. The first-order chi connectivity index (χ1) is 11.1. The molecule has 2 aromatic rings. The monoisotopic (exact) mass is 309 g/mol. The van der Waals surface area contributed by atoms with Gasteiger partial charge >= 0.3 is 0 Å². The van der Waals surface area contributed by atoms with Crippen LogP contribution in [0.15, 0.2) is 60.3 Å². The minimum Gasteiger partial charge on any atom is -0.386 e. The van der Waals surface area contributed by atoms with Crippen molar-refractivity contribution in [1.29, 1.82) is 5.26 Å². The molecule has 4 nitrogen and oxygen atoms in total. The number of carbonyl (C=O) groups is 1. The Morgan fingerprint density at radius 1 is 1.22 bits per heavy atom. The zero-order valence-electron chi connectivity index (χ0n) is 12.6. The van der Waals surface area contributed by atoms with Crippen molar-refractivity contribution in [3.63, 3.8) is 0 Å². The Hall–Kier alpha value is -3.13. The highest BCUT2D eigenvalue weighted by molar-refractivity contribution is 6.06. The van der Waals surface area contributed by atoms with Gasteiger partial charge in [-0.2, -0.15) is 5.26 Å². The fourth-order valence-corrected chi connectivity index (χ4v) is 1.92. The number of benzene rings is 2. The third-order valence-electron chi connectivity index (χ3n) is 3.22. The van der Waals surface area contributed by atoms with E-state index in [0.717, 1.165) is 11.1 Å². The molecule has 0 fully saturated rings. The third-order valence-corrected chi connectivity index (χ3v) is 3.22. The van der Waals surface area contributed by atoms with Gasteiger partial charge in [0.25, 0.3) is 5.91 Å². The number of para-hydroxylation sites is 1. The standard InChI is InChI=1S/C18H16FN3O/c1-13-4-2-3-5-17(13)22-18(23)15(10-20)12-21-11-14-6-8-16(19)9-7-14/h2-9,12,21H,11H2,1H3,(H,22,23)/b15-12-. The van der Waals surface area contributed by atoms with E-state index in [-0.39, 0.29) is 11.4 Å². The van der Waals surface area contributed by atoms with Gasteiger partial charge in [-0.3, -0.25) is 4.79 Å². The van der Waals surface area contributed by atoms with E-state index in [1.807, 2.05) is 31.2 Å². The minimum absolute atomic E-state index is 0.0321. The number of halogens is 1. The molecular weight excluding hydrogens is 293 g/mol. The Kier molecular flexibility index (Phi) is 5.48. The van der Waals surface area contributed by atoms with Crippen molar-refractivity contribution in [2.45, 2.75) is 13.5 Å². The number of carbonyl (C=O) groups excluding carboxylic acids is 1. The first-order valence-electron chi connectivity index (χ1n) is 7.05. The molecule has 0 aromatic heterocycles. The number of nitrogens with one attached hydrogen (secondary N) is 2. The van der Waals surface area contributed by atoms with Crippen molar-refractivity contribution in [1.82, 2.24) is 5.32 Å². The van der Waals surface area contributed by atoms with E-state index in [9.17, 15) is 9.18 Å². The van der Waals surface area contributed by atoms with Gasteiger partial charge in [-0.1, -0.05) is 30.3 Å². The van der Waals surface area contributed by atoms with Crippen molar-refractivity contribution in [2.24, 2.45) is 0 Å². The Balaban J connectivity index is 1.98. The lowest BCUT2D eigenvalue weighted by Crippen LogP contribution is -2.17. The Morgan fingerprint density at radius 3 is 2.57 bits per heavy atom. The van der Waals surface area contributed by atoms with Crippen LogP contribution in [0.25, 0.3) is 0 Å². The van der Waals surface area contributed by atoms with Crippen LogP contribution in [0.2, 0.25) is 0 Å². The summed E-state index contributed by atoms with van der Waals surface area (Å²) in [6.07, 6.45) is 1.36. The predicted octanol–water partition coefficient (Wildman–Crippen LogP) is 3.27. The first kappa shape index (κ1) is 16.2. The topological polar surface area (TPSA) is 64.9 Å². The lowest BCUT2D eigenvalue weighted by Gasteiger charge is -2.07. The zero-order valence-corrected chi connectivity index (χ0v) is 12.6. The van der Waals surface area contributed by atoms with E-state index in [0.29, 0.717) is 12.2 Å². The SMILES string of the molecule is Cc1ccccc1NC(=O)/C(C#N)=C\NCc1ccc(F)cc1. The molecule has 116 valence electrons. The summed E-state index contributed by atoms with van der Waals surface area (Å²) in [6, 6.07) is 15.2. The second-order valence-corrected chi connectivity index (χ2v) is 4.95. The van der Waals surface area contributed by atoms with E-state index < -0.39 is 5.91 Å². The molecule has 0 unspecified atom stereocenters. The van der Waals surface area contributed by atoms with Crippen molar-refractivity contribution in [3.8, 4) is 6.07 Å². The van der Waals surface area contributed by atoms with Crippen LogP contribution in [0.1, 0.15) is 11.1 Å². The van der Waals surface area contributed by atoms with Crippen LogP contribution in [0.5, 0.6) is 0 Å². The number of aryl methyl sites for hydroxylation is 1. The quantitative estimate of drug-likeness (QED) is 0.658. The predicted molar refractivity (Wildman–Crippen MR) is 86.7 cm³/mol. The molecule has 2 rings (SSSR count). The molecule has 0 aliphatic carbocycles. The van der Waals surface area contributed by atoms with Crippen LogP contribution in [0, 0.1) is 24.1 Å². The highest BCUT2D eigenvalue weighted by Gasteiger charge is 2.10. The highest BCUT2D eigenvalue weighted by atomic mass is 19.1. The number of nitriles is 1. The molecule has 1 amide bonds. The van der Waals surface area contributed by atoms with Gasteiger partial charge in [0.15, 0.2) is 0 Å². The zero-order chi connectivity index (χ0) is 16.7. The van der Waals surface area contributed by atoms with Crippen molar-refractivity contribution in [3.05, 3.63) is 77.2 Å². The van der Waals surface area contributed by atoms with Crippen LogP contribution in [-0.2, 0) is 11.3 Å². The summed E-state index contributed by atoms with van der Waals surface area (Å²) in [5.74, 6) is -0.784. The number of rotatable bonds is 5. The smallest absolute Gasteiger partial charge is 0.267 e. The van der Waals surface area contributed by atoms with Gasteiger partial charge in [0.2, 0.25) is 0 Å². The fourth-order valence-electron chi connectivity index (χ4n) is 1.92. The van der Waals surface area contributed by atoms with Gasteiger partial charge in [0.05, 0.1) is 0 Å². The van der Waals surface area contributed by atoms with E-state index in [1.165, 1.54) is 18.3 Å². The molecule has 0 saturated heterocycles. The largest absolute Gasteiger partial charge is 0.386 e. The molecule has 5 heteroatoms. The average Bonchev–Trinajstić information content (AvgIpc) is 2.55. The van der Waals surface area contributed by atoms with Crippen LogP contribution >= 0.6 is 0 Å². The van der Waals surface area contributed by atoms with Crippen LogP contribution < -0.4 is 10.6 Å². The Labute approximate surface area is 134 Å².